The molecule has 0 aliphatic carbocycles. The van der Waals surface area contributed by atoms with Crippen LogP contribution < -0.4 is 10.1 Å². The van der Waals surface area contributed by atoms with Crippen molar-refractivity contribution in [1.29, 1.82) is 0 Å². The van der Waals surface area contributed by atoms with Gasteiger partial charge in [-0.2, -0.15) is 0 Å². The van der Waals surface area contributed by atoms with Gasteiger partial charge in [-0.25, -0.2) is 4.79 Å². The van der Waals surface area contributed by atoms with Gasteiger partial charge in [0.2, 0.25) is 0 Å². The Bertz CT molecular complexity index is 910. The molecule has 1 aliphatic rings. The van der Waals surface area contributed by atoms with Crippen molar-refractivity contribution >= 4 is 23.5 Å². The number of para-hydroxylation sites is 1. The van der Waals surface area contributed by atoms with Crippen LogP contribution in [0.25, 0.3) is 0 Å². The fourth-order valence-electron chi connectivity index (χ4n) is 3.42. The standard InChI is InChI=1S/C23H26N2O5/c1-16-6-5-13-25(14-16)21(26)15-30-23(28)19-7-3-4-8-20(19)24-22(27)17-9-11-18(29-2)12-10-17/h3-4,7-12,16H,5-6,13-15H2,1-2H3,(H,24,27)/t16-/m0/s1. The van der Waals surface area contributed by atoms with Gasteiger partial charge in [0.15, 0.2) is 6.61 Å². The van der Waals surface area contributed by atoms with Crippen LogP contribution in [0.15, 0.2) is 48.5 Å². The summed E-state index contributed by atoms with van der Waals surface area (Å²) >= 11 is 0. The third-order valence-corrected chi connectivity index (χ3v) is 5.08. The average molecular weight is 410 g/mol. The van der Waals surface area contributed by atoms with Crippen molar-refractivity contribution in [3.8, 4) is 5.75 Å². The van der Waals surface area contributed by atoms with E-state index in [9.17, 15) is 14.4 Å². The van der Waals surface area contributed by atoms with E-state index in [1.54, 1.807) is 60.5 Å². The second kappa shape index (κ2) is 9.91. The molecule has 0 bridgehead atoms. The number of hydrogen-bond acceptors (Lipinski definition) is 5. The zero-order valence-corrected chi connectivity index (χ0v) is 17.2. The van der Waals surface area contributed by atoms with Gasteiger partial charge in [0, 0.05) is 18.7 Å². The number of anilines is 1. The van der Waals surface area contributed by atoms with Gasteiger partial charge in [0.25, 0.3) is 11.8 Å². The quantitative estimate of drug-likeness (QED) is 0.738. The van der Waals surface area contributed by atoms with Gasteiger partial charge >= 0.3 is 5.97 Å². The second-order valence-corrected chi connectivity index (χ2v) is 7.39. The minimum Gasteiger partial charge on any atom is -0.497 e. The van der Waals surface area contributed by atoms with Crippen molar-refractivity contribution in [1.82, 2.24) is 4.90 Å². The fraction of sp³-hybridized carbons (Fsp3) is 0.348. The van der Waals surface area contributed by atoms with Crippen molar-refractivity contribution in [2.24, 2.45) is 5.92 Å². The first-order valence-corrected chi connectivity index (χ1v) is 9.97. The number of methoxy groups -OCH3 is 1. The minimum absolute atomic E-state index is 0.194. The monoisotopic (exact) mass is 410 g/mol. The lowest BCUT2D eigenvalue weighted by Crippen LogP contribution is -2.41. The number of rotatable bonds is 6. The van der Waals surface area contributed by atoms with E-state index in [1.165, 1.54) is 0 Å². The summed E-state index contributed by atoms with van der Waals surface area (Å²) in [6.07, 6.45) is 2.06. The number of piperidine rings is 1. The van der Waals surface area contributed by atoms with Gasteiger partial charge in [0.1, 0.15) is 5.75 Å². The van der Waals surface area contributed by atoms with Crippen molar-refractivity contribution in [2.75, 3.05) is 32.1 Å². The van der Waals surface area contributed by atoms with Crippen molar-refractivity contribution in [3.05, 3.63) is 59.7 Å². The Morgan fingerprint density at radius 2 is 1.83 bits per heavy atom. The van der Waals surface area contributed by atoms with Crippen LogP contribution in [-0.2, 0) is 9.53 Å². The van der Waals surface area contributed by atoms with Crippen molar-refractivity contribution in [3.63, 3.8) is 0 Å². The SMILES string of the molecule is COc1ccc(C(=O)Nc2ccccc2C(=O)OCC(=O)N2CCC[C@H](C)C2)cc1. The molecule has 2 amide bonds. The summed E-state index contributed by atoms with van der Waals surface area (Å²) < 4.78 is 10.3. The third-order valence-electron chi connectivity index (χ3n) is 5.08. The number of carbonyl (C=O) groups excluding carboxylic acids is 3. The van der Waals surface area contributed by atoms with Crippen LogP contribution in [0.4, 0.5) is 5.69 Å². The first-order chi connectivity index (χ1) is 14.5. The Balaban J connectivity index is 1.62. The molecule has 30 heavy (non-hydrogen) atoms. The predicted molar refractivity (Wildman–Crippen MR) is 113 cm³/mol. The summed E-state index contributed by atoms with van der Waals surface area (Å²) in [6, 6.07) is 13.2. The number of esters is 1. The van der Waals surface area contributed by atoms with Crippen molar-refractivity contribution < 1.29 is 23.9 Å². The molecule has 158 valence electrons. The molecule has 7 heteroatoms. The number of nitrogens with zero attached hydrogens (tertiary/aromatic N) is 1. The van der Waals surface area contributed by atoms with Crippen LogP contribution in [0, 0.1) is 5.92 Å². The fourth-order valence-corrected chi connectivity index (χ4v) is 3.42. The van der Waals surface area contributed by atoms with Gasteiger partial charge in [-0.05, 0) is 55.2 Å². The normalized spacial score (nSPS) is 15.9. The van der Waals surface area contributed by atoms with Crippen molar-refractivity contribution in [2.45, 2.75) is 19.8 Å². The molecule has 1 saturated heterocycles. The molecule has 0 aromatic heterocycles. The molecular formula is C23H26N2O5. The molecule has 2 aromatic rings. The highest BCUT2D eigenvalue weighted by Crippen LogP contribution is 2.19. The van der Waals surface area contributed by atoms with E-state index in [4.69, 9.17) is 9.47 Å². The molecule has 1 heterocycles. The molecule has 0 radical (unpaired) electrons. The molecule has 1 N–H and O–H groups in total. The number of carbonyl (C=O) groups is 3. The Labute approximate surface area is 176 Å². The Hall–Kier alpha value is -3.35. The molecule has 0 saturated carbocycles. The lowest BCUT2D eigenvalue weighted by molar-refractivity contribution is -0.136. The zero-order valence-electron chi connectivity index (χ0n) is 17.2. The average Bonchev–Trinajstić information content (AvgIpc) is 2.77. The highest BCUT2D eigenvalue weighted by molar-refractivity contribution is 6.08. The Kier molecular flexibility index (Phi) is 7.06. The first-order valence-electron chi connectivity index (χ1n) is 9.97. The molecule has 1 fully saturated rings. The maximum atomic E-state index is 12.6. The maximum Gasteiger partial charge on any atom is 0.340 e. The number of ether oxygens (including phenoxy) is 2. The van der Waals surface area contributed by atoms with Crippen LogP contribution in [0.5, 0.6) is 5.75 Å². The summed E-state index contributed by atoms with van der Waals surface area (Å²) in [6.45, 7) is 3.17. The Morgan fingerprint density at radius 1 is 1.10 bits per heavy atom. The zero-order chi connectivity index (χ0) is 21.5. The van der Waals surface area contributed by atoms with E-state index < -0.39 is 5.97 Å². The van der Waals surface area contributed by atoms with E-state index in [0.717, 1.165) is 12.8 Å². The van der Waals surface area contributed by atoms with E-state index in [0.29, 0.717) is 36.0 Å². The molecular weight excluding hydrogens is 384 g/mol. The lowest BCUT2D eigenvalue weighted by Gasteiger charge is -2.30. The minimum atomic E-state index is -0.654. The molecule has 3 rings (SSSR count). The summed E-state index contributed by atoms with van der Waals surface area (Å²) in [5.74, 6) is -0.124. The van der Waals surface area contributed by atoms with Gasteiger partial charge < -0.3 is 19.7 Å². The highest BCUT2D eigenvalue weighted by Gasteiger charge is 2.23. The molecule has 1 aliphatic heterocycles. The molecule has 1 atom stereocenters. The number of hydrogen-bond donors (Lipinski definition) is 1. The van der Waals surface area contributed by atoms with Crippen LogP contribution in [0.1, 0.15) is 40.5 Å². The second-order valence-electron chi connectivity index (χ2n) is 7.39. The highest BCUT2D eigenvalue weighted by atomic mass is 16.5. The summed E-state index contributed by atoms with van der Waals surface area (Å²) in [4.78, 5) is 39.2. The molecule has 7 nitrogen and oxygen atoms in total. The lowest BCUT2D eigenvalue weighted by atomic mass is 10.0. The number of nitrogens with one attached hydrogen (secondary N) is 1. The van der Waals surface area contributed by atoms with E-state index in [-0.39, 0.29) is 24.0 Å². The Morgan fingerprint density at radius 3 is 2.53 bits per heavy atom. The molecule has 0 spiro atoms. The maximum absolute atomic E-state index is 12.6. The van der Waals surface area contributed by atoms with Gasteiger partial charge in [-0.15, -0.1) is 0 Å². The molecule has 2 aromatic carbocycles. The number of likely N-dealkylation sites (tertiary alicyclic amines) is 1. The van der Waals surface area contributed by atoms with Gasteiger partial charge in [0.05, 0.1) is 18.4 Å². The third kappa shape index (κ3) is 5.37. The first kappa shape index (κ1) is 21.4. The van der Waals surface area contributed by atoms with Gasteiger partial charge in [-0.3, -0.25) is 9.59 Å². The summed E-state index contributed by atoms with van der Waals surface area (Å²) in [7, 11) is 1.55. The van der Waals surface area contributed by atoms with Gasteiger partial charge in [-0.1, -0.05) is 19.1 Å². The van der Waals surface area contributed by atoms with Crippen LogP contribution in [-0.4, -0.2) is 49.5 Å². The predicted octanol–water partition coefficient (Wildman–Crippen LogP) is 3.36. The van der Waals surface area contributed by atoms with E-state index >= 15 is 0 Å². The summed E-state index contributed by atoms with van der Waals surface area (Å²) in [5.41, 5.74) is 0.940. The topological polar surface area (TPSA) is 84.9 Å². The number of benzene rings is 2. The van der Waals surface area contributed by atoms with Crippen LogP contribution >= 0.6 is 0 Å². The largest absolute Gasteiger partial charge is 0.497 e. The molecule has 0 unspecified atom stereocenters. The number of amides is 2. The van der Waals surface area contributed by atoms with Crippen LogP contribution in [0.2, 0.25) is 0 Å². The van der Waals surface area contributed by atoms with E-state index in [1.807, 2.05) is 0 Å². The summed E-state index contributed by atoms with van der Waals surface area (Å²) in [5, 5.41) is 2.73. The van der Waals surface area contributed by atoms with Crippen LogP contribution in [0.3, 0.4) is 0 Å². The smallest absolute Gasteiger partial charge is 0.340 e. The van der Waals surface area contributed by atoms with E-state index in [2.05, 4.69) is 12.2 Å².